The van der Waals surface area contributed by atoms with Crippen LogP contribution in [0.1, 0.15) is 25.0 Å². The van der Waals surface area contributed by atoms with Crippen molar-refractivity contribution in [2.24, 2.45) is 0 Å². The minimum absolute atomic E-state index is 0.136. The molecule has 9 aromatic carbocycles. The summed E-state index contributed by atoms with van der Waals surface area (Å²) in [6, 6.07) is 74.2. The van der Waals surface area contributed by atoms with E-state index in [1.807, 2.05) is 6.07 Å². The van der Waals surface area contributed by atoms with E-state index in [0.717, 1.165) is 44.6 Å². The van der Waals surface area contributed by atoms with E-state index in [2.05, 4.69) is 214 Å². The molecule has 0 spiro atoms. The molecule has 10 aromatic rings. The number of fused-ring (bicyclic) bond motifs is 6. The quantitative estimate of drug-likeness (QED) is 0.169. The number of hydrogen-bond donors (Lipinski definition) is 0. The van der Waals surface area contributed by atoms with Gasteiger partial charge in [0.2, 0.25) is 0 Å². The van der Waals surface area contributed by atoms with Crippen LogP contribution in [0.3, 0.4) is 0 Å². The Labute approximate surface area is 345 Å². The molecule has 11 rings (SSSR count). The zero-order valence-electron chi connectivity index (χ0n) is 33.0. The summed E-state index contributed by atoms with van der Waals surface area (Å²) in [6.07, 6.45) is 0. The second kappa shape index (κ2) is 13.9. The normalized spacial score (nSPS) is 12.7. The van der Waals surface area contributed by atoms with Gasteiger partial charge < -0.3 is 0 Å². The monoisotopic (exact) mass is 752 g/mol. The first-order valence-corrected chi connectivity index (χ1v) is 20.4. The van der Waals surface area contributed by atoms with Gasteiger partial charge in [-0.3, -0.25) is 0 Å². The molecule has 0 atom stereocenters. The van der Waals surface area contributed by atoms with Crippen LogP contribution in [0.15, 0.2) is 206 Å². The first-order chi connectivity index (χ1) is 29.0. The van der Waals surface area contributed by atoms with Gasteiger partial charge in [-0.05, 0) is 83.2 Å². The number of aromatic nitrogens is 2. The van der Waals surface area contributed by atoms with E-state index in [1.165, 1.54) is 60.7 Å². The van der Waals surface area contributed by atoms with Gasteiger partial charge >= 0.3 is 0 Å². The van der Waals surface area contributed by atoms with Gasteiger partial charge in [-0.2, -0.15) is 0 Å². The Morgan fingerprint density at radius 2 is 0.864 bits per heavy atom. The molecule has 0 aliphatic heterocycles. The van der Waals surface area contributed by atoms with Crippen LogP contribution in [0, 0.1) is 0 Å². The van der Waals surface area contributed by atoms with Crippen LogP contribution in [0.5, 0.6) is 0 Å². The number of hydrogen-bond acceptors (Lipinski definition) is 2. The van der Waals surface area contributed by atoms with Crippen molar-refractivity contribution in [2.45, 2.75) is 19.3 Å². The Kier molecular flexibility index (Phi) is 8.20. The molecule has 0 fully saturated rings. The third-order valence-corrected chi connectivity index (χ3v) is 12.3. The zero-order chi connectivity index (χ0) is 39.5. The number of rotatable bonds is 6. The molecule has 1 aliphatic carbocycles. The van der Waals surface area contributed by atoms with E-state index in [4.69, 9.17) is 9.97 Å². The molecule has 0 bridgehead atoms. The van der Waals surface area contributed by atoms with E-state index in [1.54, 1.807) is 0 Å². The molecule has 278 valence electrons. The highest BCUT2D eigenvalue weighted by Crippen LogP contribution is 2.55. The number of benzene rings is 9. The van der Waals surface area contributed by atoms with Gasteiger partial charge in [0.25, 0.3) is 0 Å². The summed E-state index contributed by atoms with van der Waals surface area (Å²) in [6.45, 7) is 4.76. The molecule has 2 nitrogen and oxygen atoms in total. The van der Waals surface area contributed by atoms with E-state index < -0.39 is 0 Å². The SMILES string of the molecule is CC1(C)c2cccc(-c3ccc(-c4cc(-c5ccccc5-c5ccc(-c6ccccc6)cc5)nc(-c5ccccc5)n4)c4ccccc34)c2-c2ccc3ccccc3c21. The van der Waals surface area contributed by atoms with Crippen molar-refractivity contribution in [3.63, 3.8) is 0 Å². The molecular formula is C57H40N2. The maximum Gasteiger partial charge on any atom is 0.160 e. The van der Waals surface area contributed by atoms with Crippen LogP contribution in [0.25, 0.3) is 100.0 Å². The van der Waals surface area contributed by atoms with Gasteiger partial charge in [-0.15, -0.1) is 0 Å². The van der Waals surface area contributed by atoms with Crippen molar-refractivity contribution in [1.29, 1.82) is 0 Å². The van der Waals surface area contributed by atoms with Crippen LogP contribution in [-0.2, 0) is 5.41 Å². The lowest BCUT2D eigenvalue weighted by atomic mass is 9.80. The fraction of sp³-hybridized carbons (Fsp3) is 0.0526. The van der Waals surface area contributed by atoms with Gasteiger partial charge in [-0.1, -0.05) is 214 Å². The molecule has 59 heavy (non-hydrogen) atoms. The lowest BCUT2D eigenvalue weighted by Crippen LogP contribution is -2.15. The third-order valence-electron chi connectivity index (χ3n) is 12.3. The smallest absolute Gasteiger partial charge is 0.160 e. The van der Waals surface area contributed by atoms with Crippen molar-refractivity contribution in [2.75, 3.05) is 0 Å². The van der Waals surface area contributed by atoms with Crippen LogP contribution in [-0.4, -0.2) is 9.97 Å². The first-order valence-electron chi connectivity index (χ1n) is 20.4. The Balaban J connectivity index is 1.08. The highest BCUT2D eigenvalue weighted by Gasteiger charge is 2.38. The molecule has 0 saturated heterocycles. The molecule has 0 N–H and O–H groups in total. The highest BCUT2D eigenvalue weighted by atomic mass is 14.9. The van der Waals surface area contributed by atoms with Crippen molar-refractivity contribution in [3.05, 3.63) is 217 Å². The molecule has 1 aromatic heterocycles. The summed E-state index contributed by atoms with van der Waals surface area (Å²) in [5.41, 5.74) is 17.4. The maximum absolute atomic E-state index is 5.32. The highest BCUT2D eigenvalue weighted by molar-refractivity contribution is 6.09. The van der Waals surface area contributed by atoms with E-state index in [0.29, 0.717) is 5.82 Å². The average molecular weight is 753 g/mol. The summed E-state index contributed by atoms with van der Waals surface area (Å²) in [4.78, 5) is 10.6. The lowest BCUT2D eigenvalue weighted by molar-refractivity contribution is 0.666. The van der Waals surface area contributed by atoms with E-state index >= 15 is 0 Å². The largest absolute Gasteiger partial charge is 0.228 e. The predicted octanol–water partition coefficient (Wildman–Crippen LogP) is 15.1. The van der Waals surface area contributed by atoms with Gasteiger partial charge in [0.1, 0.15) is 0 Å². The van der Waals surface area contributed by atoms with Gasteiger partial charge in [0.05, 0.1) is 11.4 Å². The van der Waals surface area contributed by atoms with Gasteiger partial charge in [0, 0.05) is 22.1 Å². The standard InChI is InChI=1S/C57H40N2/c1-57(2)51-27-15-26-49(54(51)50-33-32-39-18-9-10-22-43(39)55(50)57)46-34-35-48(45-24-13-12-23-44(45)46)53-36-52(58-56(59-53)41-19-7-4-8-20-41)47-25-14-11-21-42(47)40-30-28-38(29-31-40)37-16-5-3-6-17-37/h3-36H,1-2H3. The lowest BCUT2D eigenvalue weighted by Gasteiger charge is -2.23. The minimum atomic E-state index is -0.136. The Hall–Kier alpha value is -7.42. The van der Waals surface area contributed by atoms with Crippen molar-refractivity contribution < 1.29 is 0 Å². The van der Waals surface area contributed by atoms with E-state index in [-0.39, 0.29) is 5.41 Å². The summed E-state index contributed by atoms with van der Waals surface area (Å²) < 4.78 is 0. The van der Waals surface area contributed by atoms with Crippen LogP contribution in [0.2, 0.25) is 0 Å². The number of nitrogens with zero attached hydrogens (tertiary/aromatic N) is 2. The Morgan fingerprint density at radius 3 is 1.61 bits per heavy atom. The van der Waals surface area contributed by atoms with Crippen molar-refractivity contribution in [1.82, 2.24) is 9.97 Å². The topological polar surface area (TPSA) is 25.8 Å². The second-order valence-corrected chi connectivity index (χ2v) is 16.1. The first kappa shape index (κ1) is 34.8. The maximum atomic E-state index is 5.32. The van der Waals surface area contributed by atoms with Crippen molar-refractivity contribution in [3.8, 4) is 78.4 Å². The molecule has 0 saturated carbocycles. The molecule has 0 unspecified atom stereocenters. The van der Waals surface area contributed by atoms with Crippen LogP contribution < -0.4 is 0 Å². The predicted molar refractivity (Wildman–Crippen MR) is 247 cm³/mol. The Morgan fingerprint density at radius 1 is 0.339 bits per heavy atom. The molecule has 1 aliphatic rings. The van der Waals surface area contributed by atoms with Crippen LogP contribution >= 0.6 is 0 Å². The molecule has 0 radical (unpaired) electrons. The fourth-order valence-corrected chi connectivity index (χ4v) is 9.50. The molecule has 0 amide bonds. The average Bonchev–Trinajstić information content (AvgIpc) is 3.55. The molecular weight excluding hydrogens is 713 g/mol. The van der Waals surface area contributed by atoms with Crippen LogP contribution in [0.4, 0.5) is 0 Å². The summed E-state index contributed by atoms with van der Waals surface area (Å²) in [7, 11) is 0. The summed E-state index contributed by atoms with van der Waals surface area (Å²) in [5.74, 6) is 0.701. The van der Waals surface area contributed by atoms with Gasteiger partial charge in [-0.25, -0.2) is 9.97 Å². The fourth-order valence-electron chi connectivity index (χ4n) is 9.50. The molecule has 2 heteroatoms. The van der Waals surface area contributed by atoms with Gasteiger partial charge in [0.15, 0.2) is 5.82 Å². The minimum Gasteiger partial charge on any atom is -0.228 e. The summed E-state index contributed by atoms with van der Waals surface area (Å²) >= 11 is 0. The molecule has 1 heterocycles. The summed E-state index contributed by atoms with van der Waals surface area (Å²) in [5, 5.41) is 4.97. The van der Waals surface area contributed by atoms with E-state index in [9.17, 15) is 0 Å². The Bertz CT molecular complexity index is 3220. The zero-order valence-corrected chi connectivity index (χ0v) is 33.0. The third kappa shape index (κ3) is 5.79. The second-order valence-electron chi connectivity index (χ2n) is 16.1. The van der Waals surface area contributed by atoms with Crippen molar-refractivity contribution >= 4 is 21.5 Å².